The largest absolute Gasteiger partial charge is 0.481 e. The summed E-state index contributed by atoms with van der Waals surface area (Å²) in [6.45, 7) is 2.00. The number of carbonyl (C=O) groups excluding carboxylic acids is 1. The van der Waals surface area contributed by atoms with E-state index >= 15 is 0 Å². The summed E-state index contributed by atoms with van der Waals surface area (Å²) in [6, 6.07) is 15.3. The molecule has 164 valence electrons. The van der Waals surface area contributed by atoms with Gasteiger partial charge >= 0.3 is 5.97 Å². The molecule has 8 heteroatoms. The molecule has 6 nitrogen and oxygen atoms in total. The zero-order chi connectivity index (χ0) is 22.8. The fraction of sp³-hybridized carbons (Fsp3) is 0.250. The molecular formula is C24H21BrClN3O3. The van der Waals surface area contributed by atoms with Gasteiger partial charge in [-0.1, -0.05) is 51.8 Å². The van der Waals surface area contributed by atoms with E-state index in [0.29, 0.717) is 11.6 Å². The van der Waals surface area contributed by atoms with Gasteiger partial charge in [0.2, 0.25) is 5.91 Å². The van der Waals surface area contributed by atoms with E-state index in [-0.39, 0.29) is 25.2 Å². The third-order valence-electron chi connectivity index (χ3n) is 5.44. The van der Waals surface area contributed by atoms with Crippen LogP contribution < -0.4 is 0 Å². The lowest BCUT2D eigenvalue weighted by Crippen LogP contribution is -2.27. The highest BCUT2D eigenvalue weighted by atomic mass is 79.9. The van der Waals surface area contributed by atoms with Gasteiger partial charge in [0, 0.05) is 34.7 Å². The van der Waals surface area contributed by atoms with Crippen molar-refractivity contribution in [3.63, 3.8) is 0 Å². The minimum absolute atomic E-state index is 0.0643. The van der Waals surface area contributed by atoms with Crippen LogP contribution in [0.5, 0.6) is 0 Å². The Labute approximate surface area is 199 Å². The molecule has 1 aliphatic rings. The zero-order valence-corrected chi connectivity index (χ0v) is 19.7. The molecule has 2 aromatic carbocycles. The van der Waals surface area contributed by atoms with Gasteiger partial charge < -0.3 is 5.11 Å². The lowest BCUT2D eigenvalue weighted by atomic mass is 9.98. The van der Waals surface area contributed by atoms with Crippen molar-refractivity contribution in [1.29, 1.82) is 0 Å². The van der Waals surface area contributed by atoms with Crippen molar-refractivity contribution in [2.45, 2.75) is 38.6 Å². The summed E-state index contributed by atoms with van der Waals surface area (Å²) in [5, 5.41) is 16.3. The molecule has 0 unspecified atom stereocenters. The monoisotopic (exact) mass is 513 g/mol. The second-order valence-electron chi connectivity index (χ2n) is 7.82. The van der Waals surface area contributed by atoms with E-state index in [4.69, 9.17) is 16.7 Å². The molecule has 0 radical (unpaired) electrons. The van der Waals surface area contributed by atoms with Crippen molar-refractivity contribution in [3.8, 4) is 0 Å². The quantitative estimate of drug-likeness (QED) is 0.416. The minimum Gasteiger partial charge on any atom is -0.481 e. The maximum absolute atomic E-state index is 13.0. The van der Waals surface area contributed by atoms with Gasteiger partial charge in [-0.25, -0.2) is 9.99 Å². The van der Waals surface area contributed by atoms with Crippen molar-refractivity contribution in [2.75, 3.05) is 0 Å². The summed E-state index contributed by atoms with van der Waals surface area (Å²) in [4.78, 5) is 28.4. The predicted molar refractivity (Wildman–Crippen MR) is 128 cm³/mol. The zero-order valence-electron chi connectivity index (χ0n) is 17.4. The number of nitrogens with zero attached hydrogens (tertiary/aromatic N) is 3. The van der Waals surface area contributed by atoms with E-state index in [2.05, 4.69) is 26.0 Å². The smallest absolute Gasteiger partial charge is 0.303 e. The molecule has 1 aliphatic heterocycles. The number of benzene rings is 2. The number of aliphatic carboxylic acids is 1. The number of pyridine rings is 1. The molecule has 0 saturated heterocycles. The van der Waals surface area contributed by atoms with E-state index in [1.165, 1.54) is 5.01 Å². The summed E-state index contributed by atoms with van der Waals surface area (Å²) >= 11 is 10.0. The Bertz CT molecular complexity index is 1230. The lowest BCUT2D eigenvalue weighted by Gasteiger charge is -2.23. The second kappa shape index (κ2) is 9.38. The number of hydrazone groups is 1. The molecule has 3 aromatic rings. The number of carboxylic acids is 1. The molecule has 32 heavy (non-hydrogen) atoms. The van der Waals surface area contributed by atoms with Gasteiger partial charge in [-0.05, 0) is 48.7 Å². The minimum atomic E-state index is -0.924. The summed E-state index contributed by atoms with van der Waals surface area (Å²) in [7, 11) is 0. The standard InChI is InChI=1S/C24H21BrClN3O3/c1-14-5-6-16-12-18(24(26)27-19(16)11-14)21-13-20(15-7-9-17(25)10-8-15)28-29(21)22(30)3-2-4-23(31)32/h5-12,21H,2-4,13H2,1H3,(H,31,32)/t21-/m0/s1. The van der Waals surface area contributed by atoms with Gasteiger partial charge in [-0.15, -0.1) is 0 Å². The van der Waals surface area contributed by atoms with Crippen molar-refractivity contribution < 1.29 is 14.7 Å². The molecule has 0 saturated carbocycles. The van der Waals surface area contributed by atoms with Crippen LogP contribution in [-0.4, -0.2) is 32.7 Å². The van der Waals surface area contributed by atoms with Crippen LogP contribution in [0.25, 0.3) is 10.9 Å². The molecule has 1 aromatic heterocycles. The van der Waals surface area contributed by atoms with Gasteiger partial charge in [-0.3, -0.25) is 9.59 Å². The van der Waals surface area contributed by atoms with Crippen LogP contribution >= 0.6 is 27.5 Å². The van der Waals surface area contributed by atoms with Crippen LogP contribution in [0.2, 0.25) is 5.15 Å². The Kier molecular flexibility index (Phi) is 6.58. The Morgan fingerprint density at radius 1 is 1.16 bits per heavy atom. The van der Waals surface area contributed by atoms with Gasteiger partial charge in [0.05, 0.1) is 17.3 Å². The fourth-order valence-electron chi connectivity index (χ4n) is 3.81. The third-order valence-corrected chi connectivity index (χ3v) is 6.27. The number of aromatic nitrogens is 1. The number of fused-ring (bicyclic) bond motifs is 1. The number of amides is 1. The number of carboxylic acid groups (broad SMARTS) is 1. The van der Waals surface area contributed by atoms with E-state index < -0.39 is 12.0 Å². The summed E-state index contributed by atoms with van der Waals surface area (Å²) in [5.41, 5.74) is 4.30. The van der Waals surface area contributed by atoms with Crippen molar-refractivity contribution >= 4 is 56.0 Å². The van der Waals surface area contributed by atoms with Gasteiger partial charge in [0.1, 0.15) is 5.15 Å². The maximum atomic E-state index is 13.0. The van der Waals surface area contributed by atoms with Crippen LogP contribution in [-0.2, 0) is 9.59 Å². The molecule has 4 rings (SSSR count). The van der Waals surface area contributed by atoms with Crippen LogP contribution in [0, 0.1) is 6.92 Å². The molecule has 0 fully saturated rings. The van der Waals surface area contributed by atoms with E-state index in [0.717, 1.165) is 37.8 Å². The fourth-order valence-corrected chi connectivity index (χ4v) is 4.34. The highest BCUT2D eigenvalue weighted by Gasteiger charge is 2.34. The number of carbonyl (C=O) groups is 2. The lowest BCUT2D eigenvalue weighted by molar-refractivity contribution is -0.137. The van der Waals surface area contributed by atoms with Crippen LogP contribution in [0.4, 0.5) is 0 Å². The first-order valence-corrected chi connectivity index (χ1v) is 11.4. The average molecular weight is 515 g/mol. The number of halogens is 2. The normalized spacial score (nSPS) is 15.8. The Balaban J connectivity index is 1.70. The van der Waals surface area contributed by atoms with Gasteiger partial charge in [-0.2, -0.15) is 5.10 Å². The molecule has 1 amide bonds. The SMILES string of the molecule is Cc1ccc2cc([C@@H]3CC(c4ccc(Br)cc4)=NN3C(=O)CCCC(=O)O)c(Cl)nc2c1. The molecule has 1 N–H and O–H groups in total. The van der Waals surface area contributed by atoms with Crippen LogP contribution in [0.1, 0.15) is 48.4 Å². The first-order valence-electron chi connectivity index (χ1n) is 10.3. The van der Waals surface area contributed by atoms with Crippen molar-refractivity contribution in [3.05, 3.63) is 74.8 Å². The number of hydrogen-bond donors (Lipinski definition) is 1. The molecule has 0 spiro atoms. The van der Waals surface area contributed by atoms with Gasteiger partial charge in [0.25, 0.3) is 0 Å². The molecule has 0 bridgehead atoms. The number of rotatable bonds is 6. The van der Waals surface area contributed by atoms with E-state index in [1.54, 1.807) is 0 Å². The van der Waals surface area contributed by atoms with E-state index in [9.17, 15) is 9.59 Å². The Morgan fingerprint density at radius 2 is 1.91 bits per heavy atom. The highest BCUT2D eigenvalue weighted by Crippen LogP contribution is 2.38. The summed E-state index contributed by atoms with van der Waals surface area (Å²) < 4.78 is 0.954. The Hall–Kier alpha value is -2.77. The first-order chi connectivity index (χ1) is 15.3. The molecule has 2 heterocycles. The molecular weight excluding hydrogens is 494 g/mol. The first kappa shape index (κ1) is 22.4. The predicted octanol–water partition coefficient (Wildman–Crippen LogP) is 5.89. The molecule has 1 atom stereocenters. The van der Waals surface area contributed by atoms with E-state index in [1.807, 2.05) is 55.5 Å². The van der Waals surface area contributed by atoms with Crippen LogP contribution in [0.3, 0.4) is 0 Å². The number of aryl methyl sites for hydroxylation is 1. The highest BCUT2D eigenvalue weighted by molar-refractivity contribution is 9.10. The topological polar surface area (TPSA) is 82.9 Å². The van der Waals surface area contributed by atoms with Crippen molar-refractivity contribution in [1.82, 2.24) is 9.99 Å². The average Bonchev–Trinajstić information content (AvgIpc) is 3.18. The maximum Gasteiger partial charge on any atom is 0.303 e. The second-order valence-corrected chi connectivity index (χ2v) is 9.10. The number of hydrogen-bond acceptors (Lipinski definition) is 4. The third kappa shape index (κ3) is 4.84. The van der Waals surface area contributed by atoms with Crippen LogP contribution in [0.15, 0.2) is 58.1 Å². The Morgan fingerprint density at radius 3 is 2.62 bits per heavy atom. The summed E-state index contributed by atoms with van der Waals surface area (Å²) in [5.74, 6) is -1.16. The summed E-state index contributed by atoms with van der Waals surface area (Å²) in [6.07, 6.45) is 0.775. The molecule has 0 aliphatic carbocycles. The van der Waals surface area contributed by atoms with Crippen molar-refractivity contribution in [2.24, 2.45) is 5.10 Å². The van der Waals surface area contributed by atoms with Gasteiger partial charge in [0.15, 0.2) is 0 Å².